The second kappa shape index (κ2) is 10.6. The van der Waals surface area contributed by atoms with E-state index in [4.69, 9.17) is 9.47 Å². The first-order chi connectivity index (χ1) is 17.1. The Bertz CT molecular complexity index is 958. The van der Waals surface area contributed by atoms with Crippen molar-refractivity contribution in [2.45, 2.75) is 70.7 Å². The smallest absolute Gasteiger partial charge is 0.411 e. The fourth-order valence-corrected chi connectivity index (χ4v) is 7.04. The largest absolute Gasteiger partial charge is 0.497 e. The Morgan fingerprint density at radius 1 is 1.17 bits per heavy atom. The normalized spacial score (nSPS) is 36.2. The minimum atomic E-state index is -0.718. The molecule has 4 N–H and O–H groups in total. The van der Waals surface area contributed by atoms with Crippen molar-refractivity contribution in [3.8, 4) is 5.75 Å². The quantitative estimate of drug-likeness (QED) is 0.469. The lowest BCUT2D eigenvalue weighted by Crippen LogP contribution is -2.61. The Morgan fingerprint density at radius 2 is 1.94 bits per heavy atom. The van der Waals surface area contributed by atoms with E-state index in [-0.39, 0.29) is 30.8 Å². The SMILES string of the molecule is COc1cccc(NC(=O)OC2CCC3(C)C(CC(=O)N4CCC(O)C4)C(O)CCC3C2(C)CO)c1. The lowest BCUT2D eigenvalue weighted by atomic mass is 9.46. The third-order valence-corrected chi connectivity index (χ3v) is 9.15. The van der Waals surface area contributed by atoms with Crippen LogP contribution in [-0.2, 0) is 9.53 Å². The van der Waals surface area contributed by atoms with Gasteiger partial charge in [0.2, 0.25) is 5.91 Å². The number of fused-ring (bicyclic) bond motifs is 1. The van der Waals surface area contributed by atoms with Crippen molar-refractivity contribution in [2.24, 2.45) is 22.7 Å². The topological polar surface area (TPSA) is 129 Å². The number of rotatable bonds is 6. The van der Waals surface area contributed by atoms with Crippen LogP contribution in [0.4, 0.5) is 10.5 Å². The van der Waals surface area contributed by atoms with E-state index in [0.29, 0.717) is 56.6 Å². The maximum Gasteiger partial charge on any atom is 0.411 e. The van der Waals surface area contributed by atoms with Crippen molar-refractivity contribution in [1.29, 1.82) is 0 Å². The van der Waals surface area contributed by atoms with E-state index in [0.717, 1.165) is 0 Å². The van der Waals surface area contributed by atoms with E-state index in [1.807, 2.05) is 6.92 Å². The highest BCUT2D eigenvalue weighted by molar-refractivity contribution is 5.85. The van der Waals surface area contributed by atoms with Gasteiger partial charge in [0, 0.05) is 36.7 Å². The van der Waals surface area contributed by atoms with E-state index in [9.17, 15) is 24.9 Å². The maximum absolute atomic E-state index is 13.0. The van der Waals surface area contributed by atoms with Crippen molar-refractivity contribution in [3.63, 3.8) is 0 Å². The van der Waals surface area contributed by atoms with E-state index in [2.05, 4.69) is 12.2 Å². The highest BCUT2D eigenvalue weighted by Gasteiger charge is 2.60. The molecule has 36 heavy (non-hydrogen) atoms. The van der Waals surface area contributed by atoms with Crippen LogP contribution in [0.3, 0.4) is 0 Å². The summed E-state index contributed by atoms with van der Waals surface area (Å²) in [5.41, 5.74) is -0.562. The zero-order valence-corrected chi connectivity index (χ0v) is 21.5. The predicted molar refractivity (Wildman–Crippen MR) is 133 cm³/mol. The minimum Gasteiger partial charge on any atom is -0.497 e. The van der Waals surface area contributed by atoms with Crippen LogP contribution in [-0.4, -0.2) is 77.3 Å². The van der Waals surface area contributed by atoms with Crippen molar-refractivity contribution in [3.05, 3.63) is 24.3 Å². The van der Waals surface area contributed by atoms with Gasteiger partial charge in [0.25, 0.3) is 0 Å². The monoisotopic (exact) mass is 504 g/mol. The van der Waals surface area contributed by atoms with Gasteiger partial charge in [0.1, 0.15) is 11.9 Å². The van der Waals surface area contributed by atoms with Gasteiger partial charge in [-0.05, 0) is 61.5 Å². The molecule has 1 aromatic rings. The molecule has 1 aliphatic heterocycles. The maximum atomic E-state index is 13.0. The van der Waals surface area contributed by atoms with E-state index < -0.39 is 35.2 Å². The number of nitrogens with one attached hydrogen (secondary N) is 1. The standard InChI is InChI=1S/C27H40N2O7/c1-26-11-9-23(36-25(34)28-17-5-4-6-19(13-17)35-3)27(2,16-30)22(26)8-7-21(32)20(26)14-24(33)29-12-10-18(31)15-29/h4-6,13,18,20-23,30-32H,7-12,14-16H2,1-3H3,(H,28,34). The molecule has 0 bridgehead atoms. The molecule has 2 amide bonds. The van der Waals surface area contributed by atoms with Crippen LogP contribution in [0.15, 0.2) is 24.3 Å². The summed E-state index contributed by atoms with van der Waals surface area (Å²) in [4.78, 5) is 27.5. The molecule has 200 valence electrons. The summed E-state index contributed by atoms with van der Waals surface area (Å²) in [6, 6.07) is 7.01. The Balaban J connectivity index is 1.48. The number of β-amino-alcohol motifs (C(OH)–C–C–N with tert-alkyl or cyclic N) is 1. The lowest BCUT2D eigenvalue weighted by Gasteiger charge is -2.60. The molecule has 3 aliphatic rings. The van der Waals surface area contributed by atoms with Gasteiger partial charge >= 0.3 is 6.09 Å². The molecular formula is C27H40N2O7. The molecule has 9 heteroatoms. The zero-order chi connectivity index (χ0) is 26.1. The van der Waals surface area contributed by atoms with Crippen LogP contribution in [0, 0.1) is 22.7 Å². The van der Waals surface area contributed by atoms with Gasteiger partial charge in [-0.3, -0.25) is 10.1 Å². The number of amides is 2. The van der Waals surface area contributed by atoms with Gasteiger partial charge in [-0.2, -0.15) is 0 Å². The highest BCUT2D eigenvalue weighted by atomic mass is 16.6. The summed E-state index contributed by atoms with van der Waals surface area (Å²) in [5.74, 6) is 0.271. The number of hydrogen-bond donors (Lipinski definition) is 4. The molecule has 4 rings (SSSR count). The van der Waals surface area contributed by atoms with Crippen LogP contribution in [0.1, 0.15) is 52.4 Å². The van der Waals surface area contributed by atoms with Crippen LogP contribution in [0.5, 0.6) is 5.75 Å². The number of anilines is 1. The van der Waals surface area contributed by atoms with Gasteiger partial charge in [-0.25, -0.2) is 4.79 Å². The molecule has 9 nitrogen and oxygen atoms in total. The summed E-state index contributed by atoms with van der Waals surface area (Å²) in [5, 5.41) is 34.2. The van der Waals surface area contributed by atoms with Crippen LogP contribution >= 0.6 is 0 Å². The van der Waals surface area contributed by atoms with Crippen molar-refractivity contribution in [2.75, 3.05) is 32.1 Å². The molecular weight excluding hydrogens is 464 g/mol. The molecule has 0 aromatic heterocycles. The lowest BCUT2D eigenvalue weighted by molar-refractivity contribution is -0.186. The molecule has 3 fully saturated rings. The van der Waals surface area contributed by atoms with E-state index in [1.54, 1.807) is 36.3 Å². The second-order valence-corrected chi connectivity index (χ2v) is 11.2. The number of hydrogen-bond acceptors (Lipinski definition) is 7. The van der Waals surface area contributed by atoms with Gasteiger partial charge in [0.05, 0.1) is 25.9 Å². The summed E-state index contributed by atoms with van der Waals surface area (Å²) in [7, 11) is 1.56. The number of aliphatic hydroxyl groups excluding tert-OH is 3. The van der Waals surface area contributed by atoms with Gasteiger partial charge in [-0.1, -0.05) is 19.9 Å². The number of nitrogens with zero attached hydrogens (tertiary/aromatic N) is 1. The number of methoxy groups -OCH3 is 1. The van der Waals surface area contributed by atoms with Gasteiger partial charge in [-0.15, -0.1) is 0 Å². The number of carbonyl (C=O) groups is 2. The third-order valence-electron chi connectivity index (χ3n) is 9.15. The summed E-state index contributed by atoms with van der Waals surface area (Å²) >= 11 is 0. The average molecular weight is 505 g/mol. The van der Waals surface area contributed by atoms with E-state index >= 15 is 0 Å². The molecule has 7 unspecified atom stereocenters. The average Bonchev–Trinajstić information content (AvgIpc) is 3.29. The Morgan fingerprint density at radius 3 is 2.61 bits per heavy atom. The molecule has 0 radical (unpaired) electrons. The second-order valence-electron chi connectivity index (χ2n) is 11.2. The molecule has 1 saturated heterocycles. The number of benzene rings is 1. The summed E-state index contributed by atoms with van der Waals surface area (Å²) in [6.07, 6.45) is 0.998. The number of carbonyl (C=O) groups excluding carboxylic acids is 2. The molecule has 1 aromatic carbocycles. The Labute approximate surface area is 212 Å². The highest BCUT2D eigenvalue weighted by Crippen LogP contribution is 2.61. The van der Waals surface area contributed by atoms with Crippen molar-refractivity contribution >= 4 is 17.7 Å². The number of aliphatic hydroxyl groups is 3. The molecule has 0 spiro atoms. The predicted octanol–water partition coefficient (Wildman–Crippen LogP) is 2.78. The first kappa shape index (κ1) is 26.7. The minimum absolute atomic E-state index is 0.0382. The van der Waals surface area contributed by atoms with Crippen LogP contribution < -0.4 is 10.1 Å². The Hall–Kier alpha value is -2.36. The van der Waals surface area contributed by atoms with Crippen molar-refractivity contribution < 1.29 is 34.4 Å². The van der Waals surface area contributed by atoms with Gasteiger partial charge < -0.3 is 29.7 Å². The molecule has 2 saturated carbocycles. The van der Waals surface area contributed by atoms with Crippen molar-refractivity contribution in [1.82, 2.24) is 4.90 Å². The first-order valence-corrected chi connectivity index (χ1v) is 13.0. The number of ether oxygens (including phenoxy) is 2. The fraction of sp³-hybridized carbons (Fsp3) is 0.704. The molecule has 2 aliphatic carbocycles. The molecule has 7 atom stereocenters. The molecule has 1 heterocycles. The fourth-order valence-electron chi connectivity index (χ4n) is 7.04. The van der Waals surface area contributed by atoms with Crippen LogP contribution in [0.2, 0.25) is 0 Å². The van der Waals surface area contributed by atoms with Crippen LogP contribution in [0.25, 0.3) is 0 Å². The Kier molecular flexibility index (Phi) is 7.83. The van der Waals surface area contributed by atoms with Gasteiger partial charge in [0.15, 0.2) is 0 Å². The first-order valence-electron chi connectivity index (χ1n) is 13.0. The van der Waals surface area contributed by atoms with E-state index in [1.165, 1.54) is 0 Å². The summed E-state index contributed by atoms with van der Waals surface area (Å²) in [6.45, 7) is 4.77. The summed E-state index contributed by atoms with van der Waals surface area (Å²) < 4.78 is 11.1. The third kappa shape index (κ3) is 5.06. The zero-order valence-electron chi connectivity index (χ0n) is 21.5. The number of likely N-dealkylation sites (tertiary alicyclic amines) is 1.